The molecule has 1 aromatic rings. The van der Waals surface area contributed by atoms with Gasteiger partial charge in [-0.1, -0.05) is 19.3 Å². The quantitative estimate of drug-likeness (QED) is 0.791. The highest BCUT2D eigenvalue weighted by Crippen LogP contribution is 2.32. The van der Waals surface area contributed by atoms with Crippen LogP contribution < -0.4 is 10.6 Å². The molecule has 5 nitrogen and oxygen atoms in total. The van der Waals surface area contributed by atoms with Gasteiger partial charge in [-0.25, -0.2) is 4.79 Å². The molecule has 110 valence electrons. The van der Waals surface area contributed by atoms with Gasteiger partial charge in [-0.3, -0.25) is 4.98 Å². The van der Waals surface area contributed by atoms with Crippen LogP contribution in [0.3, 0.4) is 0 Å². The van der Waals surface area contributed by atoms with Crippen molar-refractivity contribution in [3.8, 4) is 0 Å². The number of anilines is 1. The number of aliphatic hydroxyl groups is 1. The van der Waals surface area contributed by atoms with Gasteiger partial charge >= 0.3 is 6.03 Å². The van der Waals surface area contributed by atoms with Crippen LogP contribution >= 0.6 is 0 Å². The monoisotopic (exact) mass is 277 g/mol. The molecule has 0 aliphatic heterocycles. The Hall–Kier alpha value is -1.62. The van der Waals surface area contributed by atoms with E-state index in [1.54, 1.807) is 24.5 Å². The molecule has 0 aromatic carbocycles. The summed E-state index contributed by atoms with van der Waals surface area (Å²) in [5, 5.41) is 15.4. The number of carbonyl (C=O) groups is 1. The second-order valence-electron chi connectivity index (χ2n) is 5.73. The highest BCUT2D eigenvalue weighted by molar-refractivity contribution is 5.89. The molecule has 0 unspecified atom stereocenters. The Morgan fingerprint density at radius 1 is 1.35 bits per heavy atom. The van der Waals surface area contributed by atoms with Crippen molar-refractivity contribution in [1.82, 2.24) is 10.3 Å². The highest BCUT2D eigenvalue weighted by Gasteiger charge is 2.35. The molecule has 5 heteroatoms. The van der Waals surface area contributed by atoms with Crippen molar-refractivity contribution in [3.63, 3.8) is 0 Å². The first-order valence-electron chi connectivity index (χ1n) is 7.24. The molecular weight excluding hydrogens is 254 g/mol. The summed E-state index contributed by atoms with van der Waals surface area (Å²) in [6.45, 7) is 1.89. The lowest BCUT2D eigenvalue weighted by atomic mass is 9.76. The summed E-state index contributed by atoms with van der Waals surface area (Å²) in [4.78, 5) is 16.0. The first-order chi connectivity index (χ1) is 9.64. The van der Waals surface area contributed by atoms with Gasteiger partial charge in [0.15, 0.2) is 0 Å². The van der Waals surface area contributed by atoms with Crippen LogP contribution in [0.5, 0.6) is 0 Å². The van der Waals surface area contributed by atoms with E-state index in [9.17, 15) is 9.90 Å². The summed E-state index contributed by atoms with van der Waals surface area (Å²) < 4.78 is 0. The van der Waals surface area contributed by atoms with Crippen LogP contribution in [-0.4, -0.2) is 28.3 Å². The van der Waals surface area contributed by atoms with Crippen molar-refractivity contribution in [3.05, 3.63) is 24.5 Å². The SMILES string of the molecule is C[C@](CO)(NC(=O)Nc1ccncc1)C1CCCCC1. The van der Waals surface area contributed by atoms with Gasteiger partial charge < -0.3 is 15.7 Å². The summed E-state index contributed by atoms with van der Waals surface area (Å²) in [5.74, 6) is 0.337. The molecule has 1 aliphatic rings. The number of nitrogens with zero attached hydrogens (tertiary/aromatic N) is 1. The van der Waals surface area contributed by atoms with E-state index < -0.39 is 5.54 Å². The maximum absolute atomic E-state index is 12.1. The number of rotatable bonds is 4. The van der Waals surface area contributed by atoms with Crippen LogP contribution in [-0.2, 0) is 0 Å². The van der Waals surface area contributed by atoms with E-state index in [2.05, 4.69) is 15.6 Å². The van der Waals surface area contributed by atoms with Gasteiger partial charge in [0.1, 0.15) is 0 Å². The molecule has 1 aliphatic carbocycles. The van der Waals surface area contributed by atoms with Crippen LogP contribution in [0.1, 0.15) is 39.0 Å². The normalized spacial score (nSPS) is 19.1. The fourth-order valence-corrected chi connectivity index (χ4v) is 2.87. The van der Waals surface area contributed by atoms with Gasteiger partial charge in [0.2, 0.25) is 0 Å². The molecule has 1 fully saturated rings. The summed E-state index contributed by atoms with van der Waals surface area (Å²) in [6, 6.07) is 3.19. The molecule has 1 saturated carbocycles. The topological polar surface area (TPSA) is 74.2 Å². The fraction of sp³-hybridized carbons (Fsp3) is 0.600. The van der Waals surface area contributed by atoms with Crippen molar-refractivity contribution >= 4 is 11.7 Å². The third-order valence-corrected chi connectivity index (χ3v) is 4.17. The zero-order valence-corrected chi connectivity index (χ0v) is 11.9. The Morgan fingerprint density at radius 3 is 2.60 bits per heavy atom. The number of urea groups is 1. The molecule has 0 saturated heterocycles. The van der Waals surface area contributed by atoms with Crippen molar-refractivity contribution in [2.24, 2.45) is 5.92 Å². The molecule has 1 aromatic heterocycles. The lowest BCUT2D eigenvalue weighted by Gasteiger charge is -2.39. The predicted octanol–water partition coefficient (Wildman–Crippen LogP) is 2.53. The van der Waals surface area contributed by atoms with E-state index in [1.807, 2.05) is 6.92 Å². The number of pyridine rings is 1. The van der Waals surface area contributed by atoms with Crippen LogP contribution in [0.4, 0.5) is 10.5 Å². The van der Waals surface area contributed by atoms with Crippen molar-refractivity contribution in [1.29, 1.82) is 0 Å². The fourth-order valence-electron chi connectivity index (χ4n) is 2.87. The number of hydrogen-bond donors (Lipinski definition) is 3. The van der Waals surface area contributed by atoms with E-state index >= 15 is 0 Å². The number of amides is 2. The molecule has 1 atom stereocenters. The lowest BCUT2D eigenvalue weighted by Crippen LogP contribution is -2.55. The Labute approximate surface area is 119 Å². The van der Waals surface area contributed by atoms with Gasteiger partial charge in [-0.05, 0) is 37.8 Å². The molecular formula is C15H23N3O2. The molecule has 0 spiro atoms. The zero-order chi connectivity index (χ0) is 14.4. The van der Waals surface area contributed by atoms with Crippen molar-refractivity contribution in [2.75, 3.05) is 11.9 Å². The largest absolute Gasteiger partial charge is 0.394 e. The maximum Gasteiger partial charge on any atom is 0.319 e. The highest BCUT2D eigenvalue weighted by atomic mass is 16.3. The third kappa shape index (κ3) is 3.70. The van der Waals surface area contributed by atoms with Gasteiger partial charge in [0.25, 0.3) is 0 Å². The van der Waals surface area contributed by atoms with E-state index in [-0.39, 0.29) is 12.6 Å². The van der Waals surface area contributed by atoms with E-state index in [1.165, 1.54) is 19.3 Å². The molecule has 3 N–H and O–H groups in total. The lowest BCUT2D eigenvalue weighted by molar-refractivity contribution is 0.103. The summed E-state index contributed by atoms with van der Waals surface area (Å²) >= 11 is 0. The van der Waals surface area contributed by atoms with Gasteiger partial charge in [0, 0.05) is 18.1 Å². The second-order valence-corrected chi connectivity index (χ2v) is 5.73. The smallest absolute Gasteiger partial charge is 0.319 e. The van der Waals surface area contributed by atoms with Gasteiger partial charge in [-0.15, -0.1) is 0 Å². The number of hydrogen-bond acceptors (Lipinski definition) is 3. The first kappa shape index (κ1) is 14.8. The van der Waals surface area contributed by atoms with Crippen molar-refractivity contribution < 1.29 is 9.90 Å². The third-order valence-electron chi connectivity index (χ3n) is 4.17. The van der Waals surface area contributed by atoms with Crippen LogP contribution in [0.15, 0.2) is 24.5 Å². The molecule has 1 heterocycles. The molecule has 2 amide bonds. The Kier molecular flexibility index (Phi) is 4.95. The number of aromatic nitrogens is 1. The minimum Gasteiger partial charge on any atom is -0.394 e. The zero-order valence-electron chi connectivity index (χ0n) is 11.9. The number of aliphatic hydroxyl groups excluding tert-OH is 1. The van der Waals surface area contributed by atoms with Crippen LogP contribution in [0, 0.1) is 5.92 Å². The molecule has 2 rings (SSSR count). The molecule has 20 heavy (non-hydrogen) atoms. The Balaban J connectivity index is 1.96. The van der Waals surface area contributed by atoms with E-state index in [0.717, 1.165) is 12.8 Å². The Bertz CT molecular complexity index is 432. The van der Waals surface area contributed by atoms with Crippen LogP contribution in [0.25, 0.3) is 0 Å². The standard InChI is InChI=1S/C15H23N3O2/c1-15(11-19,12-5-3-2-4-6-12)18-14(20)17-13-7-9-16-10-8-13/h7-10,12,19H,2-6,11H2,1H3,(H2,16,17,18,20)/t15-/m1/s1. The first-order valence-corrected chi connectivity index (χ1v) is 7.24. The van der Waals surface area contributed by atoms with Crippen molar-refractivity contribution in [2.45, 2.75) is 44.6 Å². The molecule has 0 radical (unpaired) electrons. The van der Waals surface area contributed by atoms with Crippen LogP contribution in [0.2, 0.25) is 0 Å². The Morgan fingerprint density at radius 2 is 2.00 bits per heavy atom. The average molecular weight is 277 g/mol. The maximum atomic E-state index is 12.1. The number of carbonyl (C=O) groups excluding carboxylic acids is 1. The second kappa shape index (κ2) is 6.70. The van der Waals surface area contributed by atoms with E-state index in [4.69, 9.17) is 0 Å². The number of nitrogens with one attached hydrogen (secondary N) is 2. The summed E-state index contributed by atoms with van der Waals surface area (Å²) in [7, 11) is 0. The minimum absolute atomic E-state index is 0.0402. The average Bonchev–Trinajstić information content (AvgIpc) is 2.49. The minimum atomic E-state index is -0.558. The summed E-state index contributed by atoms with van der Waals surface area (Å²) in [5.41, 5.74) is 0.138. The van der Waals surface area contributed by atoms with E-state index in [0.29, 0.717) is 11.6 Å². The molecule has 0 bridgehead atoms. The predicted molar refractivity (Wildman–Crippen MR) is 78.5 cm³/mol. The van der Waals surface area contributed by atoms with Gasteiger partial charge in [-0.2, -0.15) is 0 Å². The van der Waals surface area contributed by atoms with Gasteiger partial charge in [0.05, 0.1) is 12.1 Å². The summed E-state index contributed by atoms with van der Waals surface area (Å²) in [6.07, 6.45) is 8.98.